The Morgan fingerprint density at radius 3 is 3.08 bits per heavy atom. The number of carbonyl (C=O) groups excluding carboxylic acids is 1. The summed E-state index contributed by atoms with van der Waals surface area (Å²) in [5, 5.41) is 2.04. The maximum Gasteiger partial charge on any atom is 0.222 e. The minimum atomic E-state index is -0.258. The first-order chi connectivity index (χ1) is 5.68. The molecule has 1 unspecified atom stereocenters. The number of hydrogen-bond acceptors (Lipinski definition) is 3. The van der Waals surface area contributed by atoms with Crippen molar-refractivity contribution in [2.24, 2.45) is 0 Å². The summed E-state index contributed by atoms with van der Waals surface area (Å²) in [5.41, 5.74) is 0. The summed E-state index contributed by atoms with van der Waals surface area (Å²) in [7, 11) is 0. The van der Waals surface area contributed by atoms with Crippen molar-refractivity contribution in [2.45, 2.75) is 22.8 Å². The van der Waals surface area contributed by atoms with Gasteiger partial charge < -0.3 is 0 Å². The molecule has 1 rings (SSSR count). The lowest BCUT2D eigenvalue weighted by Crippen LogP contribution is -2.00. The molecule has 4 heteroatoms. The number of thioether (sulfide) groups is 1. The highest BCUT2D eigenvalue weighted by Gasteiger charge is 2.08. The maximum atomic E-state index is 10.5. The third-order valence-corrected chi connectivity index (χ3v) is 3.59. The Morgan fingerprint density at radius 1 is 1.83 bits per heavy atom. The molecule has 0 aliphatic carbocycles. The number of halogens is 1. The maximum absolute atomic E-state index is 10.5. The van der Waals surface area contributed by atoms with Crippen molar-refractivity contribution < 1.29 is 4.79 Å². The lowest BCUT2D eigenvalue weighted by molar-refractivity contribution is -0.111. The van der Waals surface area contributed by atoms with E-state index >= 15 is 0 Å². The zero-order valence-electron chi connectivity index (χ0n) is 6.62. The smallest absolute Gasteiger partial charge is 0.222 e. The fourth-order valence-electron chi connectivity index (χ4n) is 0.796. The second-order valence-corrected chi connectivity index (χ2v) is 5.53. The molecule has 12 heavy (non-hydrogen) atoms. The molecule has 0 amide bonds. The second kappa shape index (κ2) is 4.90. The molecular weight excluding hydrogens is 212 g/mol. The fraction of sp³-hybridized carbons (Fsp3) is 0.375. The Morgan fingerprint density at radius 2 is 2.58 bits per heavy atom. The molecule has 0 aromatic carbocycles. The number of hydrogen-bond donors (Lipinski definition) is 0. The van der Waals surface area contributed by atoms with Crippen LogP contribution in [0, 0.1) is 0 Å². The van der Waals surface area contributed by atoms with Gasteiger partial charge in [0.1, 0.15) is 0 Å². The first kappa shape index (κ1) is 10.1. The molecule has 0 N–H and O–H groups in total. The zero-order chi connectivity index (χ0) is 8.97. The highest BCUT2D eigenvalue weighted by atomic mass is 35.5. The predicted molar refractivity (Wildman–Crippen MR) is 55.1 cm³/mol. The molecule has 0 aliphatic heterocycles. The molecule has 1 atom stereocenters. The van der Waals surface area contributed by atoms with E-state index in [0.29, 0.717) is 6.42 Å². The highest BCUT2D eigenvalue weighted by molar-refractivity contribution is 8.01. The molecule has 1 aromatic heterocycles. The van der Waals surface area contributed by atoms with Crippen LogP contribution >= 0.6 is 34.7 Å². The van der Waals surface area contributed by atoms with Crippen molar-refractivity contribution >= 4 is 39.9 Å². The number of thiophene rings is 1. The van der Waals surface area contributed by atoms with E-state index < -0.39 is 0 Å². The quantitative estimate of drug-likeness (QED) is 0.572. The van der Waals surface area contributed by atoms with Crippen LogP contribution < -0.4 is 0 Å². The first-order valence-corrected chi connectivity index (χ1v) is 5.70. The van der Waals surface area contributed by atoms with Crippen LogP contribution in [0.3, 0.4) is 0 Å². The van der Waals surface area contributed by atoms with Gasteiger partial charge in [0.25, 0.3) is 0 Å². The molecule has 0 bridgehead atoms. The van der Waals surface area contributed by atoms with Gasteiger partial charge in [0.15, 0.2) is 0 Å². The van der Waals surface area contributed by atoms with Crippen molar-refractivity contribution in [2.75, 3.05) is 0 Å². The van der Waals surface area contributed by atoms with E-state index in [1.54, 1.807) is 23.1 Å². The molecular formula is C8H9ClOS2. The fourth-order valence-corrected chi connectivity index (χ4v) is 3.24. The molecule has 0 spiro atoms. The van der Waals surface area contributed by atoms with Gasteiger partial charge in [-0.25, -0.2) is 0 Å². The van der Waals surface area contributed by atoms with Crippen LogP contribution in [-0.2, 0) is 4.79 Å². The summed E-state index contributed by atoms with van der Waals surface area (Å²) >= 11 is 8.64. The summed E-state index contributed by atoms with van der Waals surface area (Å²) < 4.78 is 1.24. The van der Waals surface area contributed by atoms with E-state index in [1.165, 1.54) is 4.21 Å². The molecule has 66 valence electrons. The molecule has 0 fully saturated rings. The van der Waals surface area contributed by atoms with Crippen LogP contribution in [0.4, 0.5) is 0 Å². The van der Waals surface area contributed by atoms with E-state index in [1.807, 2.05) is 24.4 Å². The summed E-state index contributed by atoms with van der Waals surface area (Å²) in [6.45, 7) is 2.00. The normalized spacial score (nSPS) is 12.8. The zero-order valence-corrected chi connectivity index (χ0v) is 9.01. The lowest BCUT2D eigenvalue weighted by Gasteiger charge is -2.04. The first-order valence-electron chi connectivity index (χ1n) is 3.57. The van der Waals surface area contributed by atoms with Crippen LogP contribution in [0.15, 0.2) is 21.7 Å². The predicted octanol–water partition coefficient (Wildman–Crippen LogP) is 3.38. The summed E-state index contributed by atoms with van der Waals surface area (Å²) in [6, 6.07) is 4.05. The highest BCUT2D eigenvalue weighted by Crippen LogP contribution is 2.29. The number of rotatable bonds is 4. The van der Waals surface area contributed by atoms with Gasteiger partial charge in [-0.3, -0.25) is 4.79 Å². The van der Waals surface area contributed by atoms with Crippen molar-refractivity contribution in [1.29, 1.82) is 0 Å². The third-order valence-electron chi connectivity index (χ3n) is 1.26. The Balaban J connectivity index is 2.36. The van der Waals surface area contributed by atoms with E-state index in [-0.39, 0.29) is 10.5 Å². The van der Waals surface area contributed by atoms with Crippen molar-refractivity contribution in [1.82, 2.24) is 0 Å². The Labute approximate surface area is 85.1 Å². The molecule has 0 radical (unpaired) electrons. The van der Waals surface area contributed by atoms with Crippen LogP contribution in [0.1, 0.15) is 13.3 Å². The van der Waals surface area contributed by atoms with Crippen molar-refractivity contribution in [3.63, 3.8) is 0 Å². The van der Waals surface area contributed by atoms with E-state index in [4.69, 9.17) is 11.6 Å². The average Bonchev–Trinajstić information content (AvgIpc) is 2.37. The van der Waals surface area contributed by atoms with Gasteiger partial charge in [0.05, 0.1) is 4.21 Å². The summed E-state index contributed by atoms with van der Waals surface area (Å²) in [5.74, 6) is 0. The monoisotopic (exact) mass is 220 g/mol. The minimum Gasteiger partial charge on any atom is -0.281 e. The third kappa shape index (κ3) is 3.61. The van der Waals surface area contributed by atoms with E-state index in [9.17, 15) is 4.79 Å². The number of carbonyl (C=O) groups is 1. The molecule has 0 aliphatic rings. The molecule has 1 aromatic rings. The SMILES string of the molecule is CC(CC(=O)Cl)Sc1cccs1. The summed E-state index contributed by atoms with van der Waals surface area (Å²) in [6.07, 6.45) is 0.435. The lowest BCUT2D eigenvalue weighted by atomic mass is 10.4. The summed E-state index contributed by atoms with van der Waals surface area (Å²) in [4.78, 5) is 10.5. The molecule has 0 saturated heterocycles. The molecule has 1 heterocycles. The van der Waals surface area contributed by atoms with Gasteiger partial charge in [-0.2, -0.15) is 0 Å². The Kier molecular flexibility index (Phi) is 4.12. The van der Waals surface area contributed by atoms with Crippen molar-refractivity contribution in [3.05, 3.63) is 17.5 Å². The van der Waals surface area contributed by atoms with Gasteiger partial charge in [0.2, 0.25) is 5.24 Å². The van der Waals surface area contributed by atoms with Gasteiger partial charge in [-0.05, 0) is 23.0 Å². The van der Waals surface area contributed by atoms with E-state index in [0.717, 1.165) is 0 Å². The average molecular weight is 221 g/mol. The largest absolute Gasteiger partial charge is 0.281 e. The van der Waals surface area contributed by atoms with Gasteiger partial charge in [-0.15, -0.1) is 23.1 Å². The van der Waals surface area contributed by atoms with Gasteiger partial charge >= 0.3 is 0 Å². The van der Waals surface area contributed by atoms with Crippen LogP contribution in [0.5, 0.6) is 0 Å². The van der Waals surface area contributed by atoms with Crippen molar-refractivity contribution in [3.8, 4) is 0 Å². The second-order valence-electron chi connectivity index (χ2n) is 2.42. The minimum absolute atomic E-state index is 0.258. The van der Waals surface area contributed by atoms with E-state index in [2.05, 4.69) is 0 Å². The van der Waals surface area contributed by atoms with Crippen LogP contribution in [-0.4, -0.2) is 10.5 Å². The van der Waals surface area contributed by atoms with Gasteiger partial charge in [0, 0.05) is 11.7 Å². The Bertz CT molecular complexity index is 246. The molecule has 0 saturated carbocycles. The van der Waals surface area contributed by atoms with Crippen LogP contribution in [0.2, 0.25) is 0 Å². The Hall–Kier alpha value is 0.01000. The molecule has 1 nitrogen and oxygen atoms in total. The van der Waals surface area contributed by atoms with Gasteiger partial charge in [-0.1, -0.05) is 13.0 Å². The van der Waals surface area contributed by atoms with Crippen LogP contribution in [0.25, 0.3) is 0 Å². The standard InChI is InChI=1S/C8H9ClOS2/c1-6(5-7(9)10)12-8-3-2-4-11-8/h2-4,6H,5H2,1H3. The topological polar surface area (TPSA) is 17.1 Å².